The summed E-state index contributed by atoms with van der Waals surface area (Å²) in [5, 5.41) is 0. The van der Waals surface area contributed by atoms with Crippen molar-refractivity contribution in [2.75, 3.05) is 13.3 Å². The summed E-state index contributed by atoms with van der Waals surface area (Å²) in [5.74, 6) is -1.76. The largest absolute Gasteiger partial charge is 0.246 e. The first-order valence-corrected chi connectivity index (χ1v) is 9.05. The molecule has 0 N–H and O–H groups in total. The lowest BCUT2D eigenvalue weighted by Gasteiger charge is -2.18. The Morgan fingerprint density at radius 2 is 1.73 bits per heavy atom. The van der Waals surface area contributed by atoms with Crippen molar-refractivity contribution >= 4 is 21.8 Å². The van der Waals surface area contributed by atoms with E-state index in [1.807, 2.05) is 18.4 Å². The molecule has 22 heavy (non-hydrogen) atoms. The topological polar surface area (TPSA) is 37.4 Å². The molecule has 0 bridgehead atoms. The molecule has 0 saturated heterocycles. The Bertz CT molecular complexity index is 762. The number of nitrogens with zero attached hydrogens (tertiary/aromatic N) is 1. The molecule has 0 aromatic heterocycles. The quantitative estimate of drug-likeness (QED) is 0.780. The lowest BCUT2D eigenvalue weighted by atomic mass is 10.2. The molecule has 0 unspecified atom stereocenters. The number of sulfonamides is 1. The number of benzene rings is 2. The van der Waals surface area contributed by atoms with E-state index >= 15 is 0 Å². The molecule has 0 amide bonds. The van der Waals surface area contributed by atoms with Crippen molar-refractivity contribution in [1.29, 1.82) is 0 Å². The molecule has 118 valence electrons. The Morgan fingerprint density at radius 3 is 2.32 bits per heavy atom. The Hall–Kier alpha value is -1.44. The second-order valence-electron chi connectivity index (χ2n) is 4.68. The molecule has 2 aromatic rings. The minimum Gasteiger partial charge on any atom is -0.207 e. The zero-order chi connectivity index (χ0) is 16.3. The van der Waals surface area contributed by atoms with Crippen LogP contribution in [0.3, 0.4) is 0 Å². The molecule has 0 aliphatic heterocycles. The summed E-state index contributed by atoms with van der Waals surface area (Å²) in [5.41, 5.74) is 0.765. The van der Waals surface area contributed by atoms with Crippen molar-refractivity contribution in [3.05, 3.63) is 59.7 Å². The summed E-state index contributed by atoms with van der Waals surface area (Å²) < 4.78 is 52.6. The van der Waals surface area contributed by atoms with Gasteiger partial charge < -0.3 is 0 Å². The monoisotopic (exact) mass is 343 g/mol. The molecule has 2 aromatic carbocycles. The molecule has 0 heterocycles. The van der Waals surface area contributed by atoms with Crippen LogP contribution in [-0.2, 0) is 16.6 Å². The van der Waals surface area contributed by atoms with Crippen LogP contribution in [0.15, 0.2) is 52.3 Å². The molecule has 0 fully saturated rings. The average Bonchev–Trinajstić information content (AvgIpc) is 2.50. The average molecular weight is 343 g/mol. The zero-order valence-corrected chi connectivity index (χ0v) is 13.7. The van der Waals surface area contributed by atoms with Crippen LogP contribution in [0.5, 0.6) is 0 Å². The lowest BCUT2D eigenvalue weighted by Crippen LogP contribution is -2.27. The first-order valence-electron chi connectivity index (χ1n) is 6.39. The SMILES string of the molecule is CSc1ccc(CN(C)S(=O)(=O)c2cc(F)ccc2F)cc1. The van der Waals surface area contributed by atoms with Gasteiger partial charge in [-0.2, -0.15) is 4.31 Å². The fourth-order valence-electron chi connectivity index (χ4n) is 1.92. The first kappa shape index (κ1) is 16.9. The van der Waals surface area contributed by atoms with Gasteiger partial charge in [0, 0.05) is 18.5 Å². The summed E-state index contributed by atoms with van der Waals surface area (Å²) in [7, 11) is -2.76. The maximum Gasteiger partial charge on any atom is 0.246 e. The van der Waals surface area contributed by atoms with Crippen molar-refractivity contribution in [3.8, 4) is 0 Å². The van der Waals surface area contributed by atoms with Crippen LogP contribution in [0.25, 0.3) is 0 Å². The van der Waals surface area contributed by atoms with Gasteiger partial charge in [0.25, 0.3) is 0 Å². The highest BCUT2D eigenvalue weighted by Gasteiger charge is 2.25. The minimum absolute atomic E-state index is 0.0763. The molecule has 0 aliphatic carbocycles. The van der Waals surface area contributed by atoms with Crippen molar-refractivity contribution in [2.45, 2.75) is 16.3 Å². The third-order valence-electron chi connectivity index (χ3n) is 3.15. The standard InChI is InChI=1S/C15H15F2NO2S2/c1-18(10-11-3-6-13(21-2)7-4-11)22(19,20)15-9-12(16)5-8-14(15)17/h3-9H,10H2,1-2H3. The van der Waals surface area contributed by atoms with Crippen LogP contribution >= 0.6 is 11.8 Å². The van der Waals surface area contributed by atoms with Crippen LogP contribution in [0.4, 0.5) is 8.78 Å². The van der Waals surface area contributed by atoms with Gasteiger partial charge in [0.2, 0.25) is 10.0 Å². The third kappa shape index (κ3) is 3.66. The highest BCUT2D eigenvalue weighted by Crippen LogP contribution is 2.22. The Morgan fingerprint density at radius 1 is 1.09 bits per heavy atom. The van der Waals surface area contributed by atoms with Gasteiger partial charge in [-0.25, -0.2) is 17.2 Å². The van der Waals surface area contributed by atoms with Gasteiger partial charge in [0.15, 0.2) is 0 Å². The van der Waals surface area contributed by atoms with E-state index in [1.165, 1.54) is 7.05 Å². The van der Waals surface area contributed by atoms with E-state index in [0.717, 1.165) is 26.9 Å². The van der Waals surface area contributed by atoms with E-state index in [4.69, 9.17) is 0 Å². The van der Waals surface area contributed by atoms with Gasteiger partial charge in [0.05, 0.1) is 0 Å². The van der Waals surface area contributed by atoms with E-state index in [2.05, 4.69) is 0 Å². The van der Waals surface area contributed by atoms with Crippen molar-refractivity contribution < 1.29 is 17.2 Å². The van der Waals surface area contributed by atoms with Gasteiger partial charge in [-0.3, -0.25) is 0 Å². The first-order chi connectivity index (χ1) is 10.3. The summed E-state index contributed by atoms with van der Waals surface area (Å²) in [4.78, 5) is 0.404. The molecule has 0 aliphatic rings. The molecular formula is C15H15F2NO2S2. The van der Waals surface area contributed by atoms with Gasteiger partial charge >= 0.3 is 0 Å². The summed E-state index contributed by atoms with van der Waals surface area (Å²) in [6.45, 7) is 0.0763. The van der Waals surface area contributed by atoms with Crippen LogP contribution in [0.2, 0.25) is 0 Å². The summed E-state index contributed by atoms with van der Waals surface area (Å²) in [6.07, 6.45) is 1.94. The van der Waals surface area contributed by atoms with Crippen LogP contribution in [0, 0.1) is 11.6 Å². The zero-order valence-electron chi connectivity index (χ0n) is 12.1. The fourth-order valence-corrected chi connectivity index (χ4v) is 3.55. The molecule has 0 spiro atoms. The molecule has 0 atom stereocenters. The van der Waals surface area contributed by atoms with E-state index < -0.39 is 26.6 Å². The maximum absolute atomic E-state index is 13.7. The van der Waals surface area contributed by atoms with Crippen molar-refractivity contribution in [3.63, 3.8) is 0 Å². The van der Waals surface area contributed by atoms with Crippen LogP contribution in [0.1, 0.15) is 5.56 Å². The van der Waals surface area contributed by atoms with Crippen molar-refractivity contribution in [1.82, 2.24) is 4.31 Å². The Kier molecular flexibility index (Phi) is 5.20. The highest BCUT2D eigenvalue weighted by atomic mass is 32.2. The van der Waals surface area contributed by atoms with Gasteiger partial charge in [0.1, 0.15) is 16.5 Å². The Labute approximate surface area is 133 Å². The predicted molar refractivity (Wildman–Crippen MR) is 83.2 cm³/mol. The summed E-state index contributed by atoms with van der Waals surface area (Å²) >= 11 is 1.58. The Balaban J connectivity index is 2.26. The van der Waals surface area contributed by atoms with Gasteiger partial charge in [-0.05, 0) is 42.2 Å². The lowest BCUT2D eigenvalue weighted by molar-refractivity contribution is 0.458. The molecule has 0 radical (unpaired) electrons. The normalized spacial score (nSPS) is 11.9. The summed E-state index contributed by atoms with van der Waals surface area (Å²) in [6, 6.07) is 9.75. The predicted octanol–water partition coefficient (Wildman–Crippen LogP) is 3.51. The van der Waals surface area contributed by atoms with E-state index in [1.54, 1.807) is 23.9 Å². The van der Waals surface area contributed by atoms with E-state index in [0.29, 0.717) is 6.07 Å². The molecule has 3 nitrogen and oxygen atoms in total. The minimum atomic E-state index is -4.09. The fraction of sp³-hybridized carbons (Fsp3) is 0.200. The van der Waals surface area contributed by atoms with E-state index in [-0.39, 0.29) is 6.54 Å². The van der Waals surface area contributed by atoms with E-state index in [9.17, 15) is 17.2 Å². The van der Waals surface area contributed by atoms with Crippen molar-refractivity contribution in [2.24, 2.45) is 0 Å². The molecule has 0 saturated carbocycles. The molecular weight excluding hydrogens is 328 g/mol. The molecule has 7 heteroatoms. The maximum atomic E-state index is 13.7. The molecule has 2 rings (SSSR count). The number of rotatable bonds is 5. The second kappa shape index (κ2) is 6.76. The number of hydrogen-bond donors (Lipinski definition) is 0. The highest BCUT2D eigenvalue weighted by molar-refractivity contribution is 7.98. The van der Waals surface area contributed by atoms with Gasteiger partial charge in [-0.15, -0.1) is 11.8 Å². The third-order valence-corrected chi connectivity index (χ3v) is 5.71. The second-order valence-corrected chi connectivity index (χ2v) is 7.58. The smallest absolute Gasteiger partial charge is 0.207 e. The number of halogens is 2. The van der Waals surface area contributed by atoms with Crippen LogP contribution < -0.4 is 0 Å². The van der Waals surface area contributed by atoms with Crippen LogP contribution in [-0.4, -0.2) is 26.0 Å². The number of thioether (sulfide) groups is 1. The number of hydrogen-bond acceptors (Lipinski definition) is 3. The van der Waals surface area contributed by atoms with Gasteiger partial charge in [-0.1, -0.05) is 12.1 Å².